The van der Waals surface area contributed by atoms with Crippen molar-refractivity contribution in [1.29, 1.82) is 0 Å². The van der Waals surface area contributed by atoms with E-state index in [9.17, 15) is 0 Å². The average Bonchev–Trinajstić information content (AvgIpc) is 3.30. The maximum atomic E-state index is 5.67. The molecule has 1 aliphatic rings. The number of piperazine rings is 1. The first-order valence-corrected chi connectivity index (χ1v) is 13.4. The molecule has 3 heterocycles. The summed E-state index contributed by atoms with van der Waals surface area (Å²) in [7, 11) is 0. The smallest absolute Gasteiger partial charge is 0.229 e. The third-order valence-corrected chi connectivity index (χ3v) is 7.51. The van der Waals surface area contributed by atoms with Gasteiger partial charge in [-0.15, -0.1) is 0 Å². The highest BCUT2D eigenvalue weighted by Crippen LogP contribution is 2.30. The van der Waals surface area contributed by atoms with Gasteiger partial charge in [-0.3, -0.25) is 5.32 Å². The number of hydrogen-bond donors (Lipinski definition) is 2. The summed E-state index contributed by atoms with van der Waals surface area (Å²) in [6.07, 6.45) is 0. The zero-order chi connectivity index (χ0) is 25.9. The number of aliphatic imine (C=N–C) groups is 1. The molecular weight excluding hydrogens is 500 g/mol. The summed E-state index contributed by atoms with van der Waals surface area (Å²) in [5.41, 5.74) is 5.09. The number of nitrogens with one attached hydrogen (secondary N) is 2. The minimum atomic E-state index is 0.383. The fourth-order valence-electron chi connectivity index (χ4n) is 4.42. The SMILES string of the molecule is Cc1cc(C)nc(N/C(=N/C(=S)Nc2cccc(C)c2C)N2CCN(c3nsc4ccccc34)CC2)n1. The van der Waals surface area contributed by atoms with Gasteiger partial charge in [-0.05, 0) is 86.8 Å². The average molecular weight is 531 g/mol. The Morgan fingerprint density at radius 1 is 0.919 bits per heavy atom. The third kappa shape index (κ3) is 5.70. The molecule has 2 aromatic heterocycles. The first-order chi connectivity index (χ1) is 17.9. The lowest BCUT2D eigenvalue weighted by Crippen LogP contribution is -2.51. The van der Waals surface area contributed by atoms with Crippen LogP contribution in [0.2, 0.25) is 0 Å². The summed E-state index contributed by atoms with van der Waals surface area (Å²) in [5.74, 6) is 2.20. The van der Waals surface area contributed by atoms with Gasteiger partial charge in [0, 0.05) is 48.6 Å². The summed E-state index contributed by atoms with van der Waals surface area (Å²) in [6, 6.07) is 16.5. The van der Waals surface area contributed by atoms with Gasteiger partial charge < -0.3 is 15.1 Å². The van der Waals surface area contributed by atoms with E-state index in [0.29, 0.717) is 17.0 Å². The largest absolute Gasteiger partial charge is 0.352 e. The fourth-order valence-corrected chi connectivity index (χ4v) is 5.41. The Morgan fingerprint density at radius 2 is 1.65 bits per heavy atom. The predicted molar refractivity (Wildman–Crippen MR) is 158 cm³/mol. The van der Waals surface area contributed by atoms with Crippen LogP contribution in [0.15, 0.2) is 53.5 Å². The predicted octanol–water partition coefficient (Wildman–Crippen LogP) is 5.31. The van der Waals surface area contributed by atoms with E-state index < -0.39 is 0 Å². The number of aromatic nitrogens is 3. The first kappa shape index (κ1) is 25.0. The van der Waals surface area contributed by atoms with Crippen LogP contribution in [0.4, 0.5) is 17.5 Å². The van der Waals surface area contributed by atoms with E-state index in [1.165, 1.54) is 15.6 Å². The zero-order valence-corrected chi connectivity index (χ0v) is 23.1. The topological polar surface area (TPSA) is 81.6 Å². The molecule has 37 heavy (non-hydrogen) atoms. The summed E-state index contributed by atoms with van der Waals surface area (Å²) >= 11 is 7.22. The molecule has 0 spiro atoms. The normalized spacial score (nSPS) is 14.2. The van der Waals surface area contributed by atoms with Gasteiger partial charge in [0.2, 0.25) is 17.0 Å². The van der Waals surface area contributed by atoms with E-state index in [4.69, 9.17) is 21.6 Å². The van der Waals surface area contributed by atoms with E-state index in [2.05, 4.69) is 74.6 Å². The molecule has 190 valence electrons. The molecule has 1 fully saturated rings. The van der Waals surface area contributed by atoms with Crippen LogP contribution in [-0.4, -0.2) is 56.5 Å². The van der Waals surface area contributed by atoms with Gasteiger partial charge >= 0.3 is 0 Å². The molecule has 4 aromatic rings. The van der Waals surface area contributed by atoms with Crippen LogP contribution in [0.3, 0.4) is 0 Å². The van der Waals surface area contributed by atoms with Crippen LogP contribution in [0, 0.1) is 27.7 Å². The van der Waals surface area contributed by atoms with Gasteiger partial charge in [0.15, 0.2) is 0 Å². The van der Waals surface area contributed by atoms with Crippen molar-refractivity contribution in [3.8, 4) is 0 Å². The Hall–Kier alpha value is -3.63. The van der Waals surface area contributed by atoms with Gasteiger partial charge in [0.1, 0.15) is 5.82 Å². The van der Waals surface area contributed by atoms with E-state index >= 15 is 0 Å². The highest BCUT2D eigenvalue weighted by atomic mass is 32.1. The first-order valence-electron chi connectivity index (χ1n) is 12.3. The molecule has 0 saturated carbocycles. The highest BCUT2D eigenvalue weighted by molar-refractivity contribution is 7.80. The fraction of sp³-hybridized carbons (Fsp3) is 0.296. The monoisotopic (exact) mass is 530 g/mol. The number of thiocarbonyl (C=S) groups is 1. The van der Waals surface area contributed by atoms with Crippen LogP contribution >= 0.6 is 23.8 Å². The lowest BCUT2D eigenvalue weighted by atomic mass is 10.1. The number of aryl methyl sites for hydroxylation is 3. The molecule has 0 unspecified atom stereocenters. The second kappa shape index (κ2) is 10.8. The molecule has 5 rings (SSSR count). The van der Waals surface area contributed by atoms with Crippen molar-refractivity contribution in [2.24, 2.45) is 4.99 Å². The van der Waals surface area contributed by atoms with E-state index in [0.717, 1.165) is 54.6 Å². The van der Waals surface area contributed by atoms with E-state index in [1.807, 2.05) is 32.0 Å². The number of hydrogen-bond acceptors (Lipinski definition) is 6. The lowest BCUT2D eigenvalue weighted by molar-refractivity contribution is 0.384. The Balaban J connectivity index is 1.37. The van der Waals surface area contributed by atoms with Crippen LogP contribution in [-0.2, 0) is 0 Å². The van der Waals surface area contributed by atoms with Gasteiger partial charge in [-0.2, -0.15) is 9.37 Å². The third-order valence-electron chi connectivity index (χ3n) is 6.50. The van der Waals surface area contributed by atoms with Crippen LogP contribution in [0.1, 0.15) is 22.5 Å². The molecule has 1 saturated heterocycles. The minimum absolute atomic E-state index is 0.383. The molecule has 0 amide bonds. The van der Waals surface area contributed by atoms with Crippen molar-refractivity contribution in [2.75, 3.05) is 41.7 Å². The summed E-state index contributed by atoms with van der Waals surface area (Å²) in [5, 5.41) is 8.23. The molecule has 8 nitrogen and oxygen atoms in total. The molecule has 0 bridgehead atoms. The molecule has 2 N–H and O–H groups in total. The second-order valence-electron chi connectivity index (χ2n) is 9.19. The van der Waals surface area contributed by atoms with Crippen LogP contribution in [0.5, 0.6) is 0 Å². The van der Waals surface area contributed by atoms with Crippen molar-refractivity contribution < 1.29 is 0 Å². The van der Waals surface area contributed by atoms with Gasteiger partial charge in [-0.25, -0.2) is 9.97 Å². The Morgan fingerprint density at radius 3 is 2.41 bits per heavy atom. The molecule has 0 atom stereocenters. The maximum absolute atomic E-state index is 5.67. The number of rotatable bonds is 3. The molecule has 0 aliphatic carbocycles. The van der Waals surface area contributed by atoms with Crippen molar-refractivity contribution in [3.63, 3.8) is 0 Å². The van der Waals surface area contributed by atoms with E-state index in [-0.39, 0.29) is 0 Å². The van der Waals surface area contributed by atoms with Crippen LogP contribution in [0.25, 0.3) is 10.1 Å². The molecule has 0 radical (unpaired) electrons. The molecule has 2 aromatic carbocycles. The highest BCUT2D eigenvalue weighted by Gasteiger charge is 2.24. The van der Waals surface area contributed by atoms with Gasteiger partial charge in [0.25, 0.3) is 0 Å². The number of benzene rings is 2. The molecule has 10 heteroatoms. The van der Waals surface area contributed by atoms with Gasteiger partial charge in [-0.1, -0.05) is 24.3 Å². The van der Waals surface area contributed by atoms with Crippen molar-refractivity contribution in [3.05, 3.63) is 71.0 Å². The lowest BCUT2D eigenvalue weighted by Gasteiger charge is -2.36. The van der Waals surface area contributed by atoms with E-state index in [1.54, 1.807) is 11.5 Å². The number of fused-ring (bicyclic) bond motifs is 1. The summed E-state index contributed by atoms with van der Waals surface area (Å²) in [6.45, 7) is 11.2. The Labute approximate surface area is 226 Å². The van der Waals surface area contributed by atoms with Crippen molar-refractivity contribution in [2.45, 2.75) is 27.7 Å². The Bertz CT molecular complexity index is 1450. The second-order valence-corrected chi connectivity index (χ2v) is 10.4. The van der Waals surface area contributed by atoms with Crippen molar-refractivity contribution >= 4 is 62.4 Å². The quantitative estimate of drug-likeness (QED) is 0.210. The molecular formula is C27H30N8S2. The maximum Gasteiger partial charge on any atom is 0.229 e. The minimum Gasteiger partial charge on any atom is -0.352 e. The summed E-state index contributed by atoms with van der Waals surface area (Å²) < 4.78 is 5.95. The Kier molecular flexibility index (Phi) is 7.29. The van der Waals surface area contributed by atoms with Gasteiger partial charge in [0.05, 0.1) is 4.70 Å². The standard InChI is InChI=1S/C27H30N8S2/c1-17-8-7-10-22(20(17)4)30-27(36)32-26(31-25-28-18(2)16-19(3)29-25)35-14-12-34(13-15-35)24-21-9-5-6-11-23(21)37-33-24/h5-11,16H,12-15H2,1-4H3,(H2,28,29,30,31,32,36). The number of anilines is 3. The van der Waals surface area contributed by atoms with Crippen LogP contribution < -0.4 is 15.5 Å². The molecule has 1 aliphatic heterocycles. The number of nitrogens with zero attached hydrogens (tertiary/aromatic N) is 6. The number of guanidine groups is 1. The summed E-state index contributed by atoms with van der Waals surface area (Å²) in [4.78, 5) is 18.5. The van der Waals surface area contributed by atoms with Crippen molar-refractivity contribution in [1.82, 2.24) is 19.2 Å². The zero-order valence-electron chi connectivity index (χ0n) is 21.4.